The van der Waals surface area contributed by atoms with E-state index in [-0.39, 0.29) is 0 Å². The number of nitrogens with two attached hydrogens (primary N) is 1. The van der Waals surface area contributed by atoms with Crippen LogP contribution in [0.4, 0.5) is 11.8 Å². The largest absolute Gasteiger partial charge is 0.383 e. The zero-order valence-corrected chi connectivity index (χ0v) is 13.5. The molecule has 8 nitrogen and oxygen atoms in total. The number of fused-ring (bicyclic) bond motifs is 1. The van der Waals surface area contributed by atoms with Gasteiger partial charge in [-0.25, -0.2) is 0 Å². The summed E-state index contributed by atoms with van der Waals surface area (Å²) in [5.41, 5.74) is 6.78. The number of nitrogen functional groups attached to an aromatic ring is 1. The van der Waals surface area contributed by atoms with Crippen LogP contribution in [0.15, 0.2) is 6.20 Å². The van der Waals surface area contributed by atoms with E-state index in [2.05, 4.69) is 27.0 Å². The first-order valence-electron chi connectivity index (χ1n) is 7.39. The Labute approximate surface area is 129 Å². The highest BCUT2D eigenvalue weighted by Gasteiger charge is 2.30. The van der Waals surface area contributed by atoms with Crippen molar-refractivity contribution in [3.05, 3.63) is 6.20 Å². The lowest BCUT2D eigenvalue weighted by Gasteiger charge is -2.25. The number of likely N-dealkylation sites (N-methyl/N-ethyl adjacent to an activating group) is 2. The van der Waals surface area contributed by atoms with Crippen LogP contribution in [0.25, 0.3) is 11.0 Å². The van der Waals surface area contributed by atoms with Crippen LogP contribution >= 0.6 is 0 Å². The van der Waals surface area contributed by atoms with E-state index in [0.29, 0.717) is 23.9 Å². The van der Waals surface area contributed by atoms with E-state index in [0.717, 1.165) is 30.5 Å². The standard InChI is InChI=1S/C14H23N7O/c1-19-8-10(22-4)5-9(19)7-20(2)14-17-12(15)11-6-16-21(3)13(11)18-14/h6,9-10H,5,7-8H2,1-4H3,(H2,15,17,18)/t9-,10-/m0/s1. The average molecular weight is 305 g/mol. The zero-order chi connectivity index (χ0) is 15.9. The van der Waals surface area contributed by atoms with Gasteiger partial charge in [-0.2, -0.15) is 15.1 Å². The summed E-state index contributed by atoms with van der Waals surface area (Å²) in [6.45, 7) is 1.79. The Bertz CT molecular complexity index is 671. The molecule has 1 aliphatic heterocycles. The van der Waals surface area contributed by atoms with E-state index >= 15 is 0 Å². The summed E-state index contributed by atoms with van der Waals surface area (Å²) >= 11 is 0. The third kappa shape index (κ3) is 2.59. The Morgan fingerprint density at radius 3 is 2.86 bits per heavy atom. The molecule has 3 heterocycles. The maximum absolute atomic E-state index is 6.03. The van der Waals surface area contributed by atoms with Crippen molar-refractivity contribution in [1.82, 2.24) is 24.6 Å². The lowest BCUT2D eigenvalue weighted by molar-refractivity contribution is 0.111. The number of rotatable bonds is 4. The fourth-order valence-corrected chi connectivity index (χ4v) is 3.01. The summed E-state index contributed by atoms with van der Waals surface area (Å²) in [7, 11) is 7.74. The molecule has 0 amide bonds. The smallest absolute Gasteiger partial charge is 0.229 e. The molecule has 2 aromatic heterocycles. The average Bonchev–Trinajstić information content (AvgIpc) is 3.03. The third-order valence-corrected chi connectivity index (χ3v) is 4.42. The molecule has 2 aromatic rings. The number of aromatic nitrogens is 4. The highest BCUT2D eigenvalue weighted by Crippen LogP contribution is 2.23. The summed E-state index contributed by atoms with van der Waals surface area (Å²) in [6.07, 6.45) is 3.01. The minimum atomic E-state index is 0.300. The first kappa shape index (κ1) is 15.0. The van der Waals surface area contributed by atoms with Crippen LogP contribution in [0.1, 0.15) is 6.42 Å². The van der Waals surface area contributed by atoms with Crippen LogP contribution in [0.2, 0.25) is 0 Å². The van der Waals surface area contributed by atoms with Gasteiger partial charge in [0.1, 0.15) is 5.82 Å². The first-order chi connectivity index (χ1) is 10.5. The molecule has 1 saturated heterocycles. The molecule has 1 fully saturated rings. The lowest BCUT2D eigenvalue weighted by Crippen LogP contribution is -2.37. The Kier molecular flexibility index (Phi) is 3.88. The van der Waals surface area contributed by atoms with Crippen molar-refractivity contribution in [2.45, 2.75) is 18.6 Å². The molecular weight excluding hydrogens is 282 g/mol. The van der Waals surface area contributed by atoms with Gasteiger partial charge < -0.3 is 15.4 Å². The van der Waals surface area contributed by atoms with Gasteiger partial charge >= 0.3 is 0 Å². The van der Waals surface area contributed by atoms with Gasteiger partial charge in [-0.1, -0.05) is 0 Å². The Morgan fingerprint density at radius 1 is 1.41 bits per heavy atom. The van der Waals surface area contributed by atoms with Crippen LogP contribution in [-0.2, 0) is 11.8 Å². The minimum absolute atomic E-state index is 0.300. The minimum Gasteiger partial charge on any atom is -0.383 e. The Balaban J connectivity index is 1.80. The number of nitrogens with zero attached hydrogens (tertiary/aromatic N) is 6. The van der Waals surface area contributed by atoms with Gasteiger partial charge in [0, 0.05) is 40.3 Å². The molecule has 0 spiro atoms. The number of likely N-dealkylation sites (tertiary alicyclic amines) is 1. The summed E-state index contributed by atoms with van der Waals surface area (Å²) < 4.78 is 7.17. The van der Waals surface area contributed by atoms with Gasteiger partial charge in [-0.3, -0.25) is 9.58 Å². The number of aryl methyl sites for hydroxylation is 1. The molecule has 2 N–H and O–H groups in total. The fourth-order valence-electron chi connectivity index (χ4n) is 3.01. The van der Waals surface area contributed by atoms with E-state index in [1.807, 2.05) is 19.0 Å². The van der Waals surface area contributed by atoms with Crippen molar-refractivity contribution in [3.8, 4) is 0 Å². The van der Waals surface area contributed by atoms with Crippen molar-refractivity contribution in [2.24, 2.45) is 7.05 Å². The maximum Gasteiger partial charge on any atom is 0.229 e. The number of ether oxygens (including phenoxy) is 1. The van der Waals surface area contributed by atoms with Gasteiger partial charge in [-0.15, -0.1) is 0 Å². The second-order valence-electron chi connectivity index (χ2n) is 5.98. The van der Waals surface area contributed by atoms with Crippen molar-refractivity contribution in [2.75, 3.05) is 44.9 Å². The molecule has 120 valence electrons. The first-order valence-corrected chi connectivity index (χ1v) is 7.39. The molecule has 2 atom stereocenters. The quantitative estimate of drug-likeness (QED) is 0.857. The molecule has 0 aromatic carbocycles. The van der Waals surface area contributed by atoms with Crippen LogP contribution in [0.5, 0.6) is 0 Å². The molecule has 0 unspecified atom stereocenters. The van der Waals surface area contributed by atoms with Crippen LogP contribution < -0.4 is 10.6 Å². The van der Waals surface area contributed by atoms with Gasteiger partial charge in [0.15, 0.2) is 5.65 Å². The monoisotopic (exact) mass is 305 g/mol. The van der Waals surface area contributed by atoms with Gasteiger partial charge in [0.25, 0.3) is 0 Å². The molecule has 0 bridgehead atoms. The van der Waals surface area contributed by atoms with E-state index in [1.54, 1.807) is 18.0 Å². The molecule has 0 aliphatic carbocycles. The van der Waals surface area contributed by atoms with E-state index < -0.39 is 0 Å². The molecule has 0 radical (unpaired) electrons. The highest BCUT2D eigenvalue weighted by atomic mass is 16.5. The van der Waals surface area contributed by atoms with E-state index in [1.165, 1.54) is 0 Å². The summed E-state index contributed by atoms with van der Waals surface area (Å²) in [4.78, 5) is 13.4. The van der Waals surface area contributed by atoms with Crippen molar-refractivity contribution in [1.29, 1.82) is 0 Å². The second-order valence-corrected chi connectivity index (χ2v) is 5.98. The van der Waals surface area contributed by atoms with Crippen LogP contribution in [0, 0.1) is 0 Å². The topological polar surface area (TPSA) is 85.3 Å². The summed E-state index contributed by atoms with van der Waals surface area (Å²) in [5, 5.41) is 4.97. The van der Waals surface area contributed by atoms with Gasteiger partial charge in [-0.05, 0) is 13.5 Å². The van der Waals surface area contributed by atoms with Gasteiger partial charge in [0.05, 0.1) is 17.7 Å². The SMILES string of the molecule is CO[C@H]1C[C@@H](CN(C)c2nc(N)c3cnn(C)c3n2)N(C)C1. The van der Waals surface area contributed by atoms with E-state index in [4.69, 9.17) is 10.5 Å². The van der Waals surface area contributed by atoms with Crippen molar-refractivity contribution >= 4 is 22.8 Å². The Hall–Kier alpha value is -1.93. The lowest BCUT2D eigenvalue weighted by atomic mass is 10.2. The summed E-state index contributed by atoms with van der Waals surface area (Å²) in [6, 6.07) is 0.419. The zero-order valence-electron chi connectivity index (χ0n) is 13.5. The molecule has 22 heavy (non-hydrogen) atoms. The predicted molar refractivity (Wildman–Crippen MR) is 85.8 cm³/mol. The fraction of sp³-hybridized carbons (Fsp3) is 0.643. The molecular formula is C14H23N7O. The number of hydrogen-bond donors (Lipinski definition) is 1. The molecule has 8 heteroatoms. The summed E-state index contributed by atoms with van der Waals surface area (Å²) in [5.74, 6) is 1.09. The number of anilines is 2. The van der Waals surface area contributed by atoms with Crippen molar-refractivity contribution < 1.29 is 4.74 Å². The number of hydrogen-bond acceptors (Lipinski definition) is 7. The maximum atomic E-state index is 6.03. The Morgan fingerprint density at radius 2 is 2.18 bits per heavy atom. The predicted octanol–water partition coefficient (Wildman–Crippen LogP) is 0.101. The third-order valence-electron chi connectivity index (χ3n) is 4.42. The van der Waals surface area contributed by atoms with Gasteiger partial charge in [0.2, 0.25) is 5.95 Å². The second kappa shape index (κ2) is 5.69. The van der Waals surface area contributed by atoms with E-state index in [9.17, 15) is 0 Å². The molecule has 1 aliphatic rings. The van der Waals surface area contributed by atoms with Crippen LogP contribution in [0.3, 0.4) is 0 Å². The van der Waals surface area contributed by atoms with Crippen LogP contribution in [-0.4, -0.2) is 71.1 Å². The number of methoxy groups -OCH3 is 1. The normalized spacial score (nSPS) is 22.5. The molecule has 0 saturated carbocycles. The van der Waals surface area contributed by atoms with Crippen molar-refractivity contribution in [3.63, 3.8) is 0 Å². The molecule has 3 rings (SSSR count). The highest BCUT2D eigenvalue weighted by molar-refractivity contribution is 5.86.